The zero-order valence-electron chi connectivity index (χ0n) is 16.7. The Hall–Kier alpha value is -4.26. The van der Waals surface area contributed by atoms with Gasteiger partial charge in [-0.1, -0.05) is 30.3 Å². The minimum atomic E-state index is -0.204. The zero-order valence-corrected chi connectivity index (χ0v) is 16.7. The maximum Gasteiger partial charge on any atom is 0.247 e. The van der Waals surface area contributed by atoms with Crippen molar-refractivity contribution >= 4 is 33.4 Å². The van der Waals surface area contributed by atoms with Gasteiger partial charge in [0.25, 0.3) is 0 Å². The summed E-state index contributed by atoms with van der Waals surface area (Å²) in [6, 6.07) is 20.2. The fraction of sp³-hybridized carbons (Fsp3) is 0.0833. The number of rotatable bonds is 4. The minimum absolute atomic E-state index is 0.0361. The molecule has 1 N–H and O–H groups in total. The number of hydrogen-bond donors (Lipinski definition) is 1. The third-order valence-corrected chi connectivity index (χ3v) is 5.30. The van der Waals surface area contributed by atoms with Crippen molar-refractivity contribution in [2.45, 2.75) is 13.5 Å². The molecule has 2 aromatic heterocycles. The summed E-state index contributed by atoms with van der Waals surface area (Å²) in [5, 5.41) is 11.8. The number of para-hydroxylation sites is 2. The number of fused-ring (bicyclic) bond motifs is 2. The normalized spacial score (nSPS) is 11.1. The Morgan fingerprint density at radius 2 is 1.68 bits per heavy atom. The zero-order chi connectivity index (χ0) is 21.4. The molecule has 0 unspecified atom stereocenters. The number of carbonyl (C=O) groups is 1. The molecule has 0 radical (unpaired) electrons. The largest absolute Gasteiger partial charge is 0.423 e. The van der Waals surface area contributed by atoms with E-state index in [1.807, 2.05) is 66.1 Å². The fourth-order valence-corrected chi connectivity index (χ4v) is 3.77. The minimum Gasteiger partial charge on any atom is -0.423 e. The number of amides is 1. The van der Waals surface area contributed by atoms with Crippen LogP contribution in [-0.2, 0) is 11.3 Å². The molecule has 5 rings (SSSR count). The Bertz CT molecular complexity index is 1430. The second kappa shape index (κ2) is 7.53. The van der Waals surface area contributed by atoms with Gasteiger partial charge in [0.2, 0.25) is 18.2 Å². The molecule has 5 aromatic rings. The smallest absolute Gasteiger partial charge is 0.247 e. The lowest BCUT2D eigenvalue weighted by molar-refractivity contribution is -0.116. The molecule has 0 aliphatic heterocycles. The molecule has 0 atom stereocenters. The van der Waals surface area contributed by atoms with Crippen LogP contribution in [-0.4, -0.2) is 20.7 Å². The summed E-state index contributed by atoms with van der Waals surface area (Å²) in [6.07, 6.45) is 1.26. The fourth-order valence-electron chi connectivity index (χ4n) is 3.77. The number of aryl methyl sites for hydroxylation is 1. The van der Waals surface area contributed by atoms with Crippen molar-refractivity contribution in [3.63, 3.8) is 0 Å². The highest BCUT2D eigenvalue weighted by atomic mass is 16.4. The van der Waals surface area contributed by atoms with Gasteiger partial charge in [-0.05, 0) is 48.9 Å². The topological polar surface area (TPSA) is 90.0 Å². The van der Waals surface area contributed by atoms with Gasteiger partial charge in [-0.15, -0.1) is 10.2 Å². The van der Waals surface area contributed by atoms with Gasteiger partial charge in [-0.25, -0.2) is 0 Å². The van der Waals surface area contributed by atoms with Gasteiger partial charge in [0.15, 0.2) is 5.43 Å². The van der Waals surface area contributed by atoms with Gasteiger partial charge >= 0.3 is 0 Å². The van der Waals surface area contributed by atoms with E-state index < -0.39 is 0 Å². The SMILES string of the molecule is Cc1ccc(-c2nnco2)cc1NC(=O)Cn1c2ccccc2c(=O)c2ccccc21. The summed E-state index contributed by atoms with van der Waals surface area (Å²) < 4.78 is 7.13. The lowest BCUT2D eigenvalue weighted by Crippen LogP contribution is -2.22. The van der Waals surface area contributed by atoms with E-state index in [1.165, 1.54) is 6.39 Å². The van der Waals surface area contributed by atoms with Crippen LogP contribution in [0.1, 0.15) is 5.56 Å². The molecule has 0 saturated heterocycles. The number of aromatic nitrogens is 3. The summed E-state index contributed by atoms with van der Waals surface area (Å²) in [5.41, 5.74) is 3.69. The highest BCUT2D eigenvalue weighted by Crippen LogP contribution is 2.24. The van der Waals surface area contributed by atoms with Crippen LogP contribution in [0.5, 0.6) is 0 Å². The third kappa shape index (κ3) is 3.36. The predicted octanol–water partition coefficient (Wildman–Crippen LogP) is 4.15. The molecule has 7 nitrogen and oxygen atoms in total. The maximum atomic E-state index is 13.0. The molecule has 2 heterocycles. The molecule has 3 aromatic carbocycles. The molecule has 0 bridgehead atoms. The second-order valence-corrected chi connectivity index (χ2v) is 7.27. The molecular weight excluding hydrogens is 392 g/mol. The molecule has 0 saturated carbocycles. The van der Waals surface area contributed by atoms with E-state index in [0.29, 0.717) is 22.4 Å². The molecular formula is C24H18N4O3. The number of hydrogen-bond acceptors (Lipinski definition) is 5. The standard InChI is InChI=1S/C24H18N4O3/c1-15-10-11-16(24-27-25-14-31-24)12-19(15)26-22(29)13-28-20-8-4-2-6-17(20)23(30)18-7-3-5-9-21(18)28/h2-12,14H,13H2,1H3,(H,26,29). The summed E-state index contributed by atoms with van der Waals surface area (Å²) in [6.45, 7) is 1.98. The number of nitrogens with one attached hydrogen (secondary N) is 1. The van der Waals surface area contributed by atoms with Crippen molar-refractivity contribution in [3.8, 4) is 11.5 Å². The Morgan fingerprint density at radius 3 is 2.32 bits per heavy atom. The number of carbonyl (C=O) groups excluding carboxylic acids is 1. The van der Waals surface area contributed by atoms with Gasteiger partial charge in [-0.3, -0.25) is 9.59 Å². The molecule has 31 heavy (non-hydrogen) atoms. The highest BCUT2D eigenvalue weighted by Gasteiger charge is 2.14. The van der Waals surface area contributed by atoms with Crippen LogP contribution in [0.15, 0.2) is 82.3 Å². The number of pyridine rings is 1. The Morgan fingerprint density at radius 1 is 1.00 bits per heavy atom. The van der Waals surface area contributed by atoms with Gasteiger partial charge in [0.1, 0.15) is 6.54 Å². The van der Waals surface area contributed by atoms with Crippen molar-refractivity contribution in [2.75, 3.05) is 5.32 Å². The first kappa shape index (κ1) is 18.7. The van der Waals surface area contributed by atoms with Crippen molar-refractivity contribution in [3.05, 3.63) is 88.9 Å². The van der Waals surface area contributed by atoms with Gasteiger partial charge in [0, 0.05) is 22.0 Å². The van der Waals surface area contributed by atoms with Gasteiger partial charge < -0.3 is 14.3 Å². The predicted molar refractivity (Wildman–Crippen MR) is 119 cm³/mol. The Labute approximate surface area is 177 Å². The second-order valence-electron chi connectivity index (χ2n) is 7.27. The van der Waals surface area contributed by atoms with Crippen LogP contribution >= 0.6 is 0 Å². The van der Waals surface area contributed by atoms with Gasteiger partial charge in [-0.2, -0.15) is 0 Å². The summed E-state index contributed by atoms with van der Waals surface area (Å²) in [5.74, 6) is 0.178. The van der Waals surface area contributed by atoms with Crippen LogP contribution in [0.3, 0.4) is 0 Å². The average molecular weight is 410 g/mol. The molecule has 7 heteroatoms. The van der Waals surface area contributed by atoms with E-state index in [0.717, 1.165) is 22.2 Å². The molecule has 152 valence electrons. The molecule has 0 aliphatic carbocycles. The molecule has 1 amide bonds. The first-order valence-electron chi connectivity index (χ1n) is 9.79. The van der Waals surface area contributed by atoms with Crippen molar-refractivity contribution in [2.24, 2.45) is 0 Å². The number of anilines is 1. The first-order chi connectivity index (χ1) is 15.1. The lowest BCUT2D eigenvalue weighted by atomic mass is 10.1. The third-order valence-electron chi connectivity index (χ3n) is 5.30. The van der Waals surface area contributed by atoms with E-state index in [2.05, 4.69) is 15.5 Å². The number of nitrogens with zero attached hydrogens (tertiary/aromatic N) is 3. The number of benzene rings is 3. The molecule has 0 spiro atoms. The first-order valence-corrected chi connectivity index (χ1v) is 9.79. The quantitative estimate of drug-likeness (QED) is 0.450. The average Bonchev–Trinajstić information content (AvgIpc) is 3.33. The van der Waals surface area contributed by atoms with E-state index in [-0.39, 0.29) is 17.9 Å². The van der Waals surface area contributed by atoms with Gasteiger partial charge in [0.05, 0.1) is 11.0 Å². The van der Waals surface area contributed by atoms with Crippen LogP contribution in [0.2, 0.25) is 0 Å². The van der Waals surface area contributed by atoms with E-state index in [9.17, 15) is 9.59 Å². The van der Waals surface area contributed by atoms with Crippen molar-refractivity contribution in [1.29, 1.82) is 0 Å². The van der Waals surface area contributed by atoms with Crippen LogP contribution in [0, 0.1) is 6.92 Å². The highest BCUT2D eigenvalue weighted by molar-refractivity contribution is 5.97. The van der Waals surface area contributed by atoms with Crippen LogP contribution in [0.25, 0.3) is 33.3 Å². The Balaban J connectivity index is 1.54. The summed E-state index contributed by atoms with van der Waals surface area (Å²) >= 11 is 0. The summed E-state index contributed by atoms with van der Waals surface area (Å²) in [7, 11) is 0. The molecule has 0 fully saturated rings. The van der Waals surface area contributed by atoms with Crippen molar-refractivity contribution in [1.82, 2.24) is 14.8 Å². The maximum absolute atomic E-state index is 13.0. The summed E-state index contributed by atoms with van der Waals surface area (Å²) in [4.78, 5) is 25.9. The van der Waals surface area contributed by atoms with E-state index in [4.69, 9.17) is 4.42 Å². The lowest BCUT2D eigenvalue weighted by Gasteiger charge is -2.16. The van der Waals surface area contributed by atoms with Crippen LogP contribution < -0.4 is 10.7 Å². The van der Waals surface area contributed by atoms with E-state index in [1.54, 1.807) is 12.1 Å². The molecule has 0 aliphatic rings. The van der Waals surface area contributed by atoms with Crippen LogP contribution in [0.4, 0.5) is 5.69 Å². The van der Waals surface area contributed by atoms with Crippen molar-refractivity contribution < 1.29 is 9.21 Å². The monoisotopic (exact) mass is 410 g/mol. The Kier molecular flexibility index (Phi) is 4.55. The van der Waals surface area contributed by atoms with E-state index >= 15 is 0 Å².